The monoisotopic (exact) mass is 1330 g/mol. The molecule has 4 aromatic carbocycles. The highest BCUT2D eigenvalue weighted by Gasteiger charge is 2.55. The van der Waals surface area contributed by atoms with E-state index in [-0.39, 0.29) is 79.0 Å². The number of amides is 6. The van der Waals surface area contributed by atoms with Gasteiger partial charge < -0.3 is 64.5 Å². The van der Waals surface area contributed by atoms with Crippen molar-refractivity contribution in [2.24, 2.45) is 28.2 Å². The predicted octanol–water partition coefficient (Wildman–Crippen LogP) is 12.2. The minimum absolute atomic E-state index is 0. The Morgan fingerprint density at radius 1 is 0.581 bits per heavy atom. The molecule has 1 aliphatic carbocycles. The van der Waals surface area contributed by atoms with Gasteiger partial charge in [0.1, 0.15) is 29.8 Å². The van der Waals surface area contributed by atoms with E-state index in [9.17, 15) is 28.8 Å². The molecule has 5 N–H and O–H groups in total. The predicted molar refractivity (Wildman–Crippen MR) is 359 cm³/mol. The lowest BCUT2D eigenvalue weighted by atomic mass is 9.93. The van der Waals surface area contributed by atoms with Gasteiger partial charge in [-0.05, 0) is 111 Å². The van der Waals surface area contributed by atoms with Crippen molar-refractivity contribution in [2.75, 3.05) is 41.0 Å². The zero-order valence-electron chi connectivity index (χ0n) is 53.2. The number of nitrogens with one attached hydrogen (secondary N) is 5. The molecule has 2 aromatic heterocycles. The summed E-state index contributed by atoms with van der Waals surface area (Å²) in [5.41, 5.74) is 9.06. The van der Waals surface area contributed by atoms with E-state index in [1.165, 1.54) is 21.3 Å². The standard InChI is InChI=1S/C48H54N8O6.C21H24BrN5O3.CH4/c1-27(2)41(53-46(59)61-6)44(57)55-25-36(49-5)21-39(55)43-51-24-38(52-43)30-10-8-29(9-11-30)31-12-13-33-19-34(15-14-32(33)18-31)35-20-37(50-23-35)40-22-48(16-17-48)26-56(40)45(58)42(28(3)4)54-47(60)62-7;1-12(2)18(26-21(29)30-4)20(28)27-11-15(23-3)9-17(27)19-24-10-16(25-19)13-5-7-14(22)8-6-13;/h8-15,18-19,23-24,27-28,36,39-42H,16-17,20-22,25-26H2,1-4,6-7H3,(H,51,52)(H,53,59)(H,54,60);5-8,10,12,15,17-18H,9,11H2,1-2,4H3,(H,24,25)(H,26,29);1H4/t36-,39-,40-,41-,42-;15-,17-,18-;/m00./s1. The number of aromatic nitrogens is 4. The van der Waals surface area contributed by atoms with Gasteiger partial charge in [-0.1, -0.05) is 126 Å². The Kier molecular flexibility index (Phi) is 21.3. The molecular weight excluding hydrogens is 1250 g/mol. The van der Waals surface area contributed by atoms with Gasteiger partial charge >= 0.3 is 18.3 Å². The molecule has 22 nitrogen and oxygen atoms in total. The summed E-state index contributed by atoms with van der Waals surface area (Å²) in [7, 11) is 3.83. The molecule has 4 fully saturated rings. The van der Waals surface area contributed by atoms with Crippen LogP contribution in [0, 0.1) is 36.3 Å². The van der Waals surface area contributed by atoms with E-state index >= 15 is 0 Å². The van der Waals surface area contributed by atoms with Crippen LogP contribution >= 0.6 is 15.9 Å². The lowest BCUT2D eigenvalue weighted by molar-refractivity contribution is -0.136. The average Bonchev–Trinajstić information content (AvgIpc) is 1.59. The maximum Gasteiger partial charge on any atom is 0.407 e. The molecule has 488 valence electrons. The van der Waals surface area contributed by atoms with Crippen LogP contribution in [0.5, 0.6) is 0 Å². The quantitative estimate of drug-likeness (QED) is 0.0450. The van der Waals surface area contributed by atoms with E-state index in [0.717, 1.165) is 85.0 Å². The van der Waals surface area contributed by atoms with E-state index in [4.69, 9.17) is 27.6 Å². The van der Waals surface area contributed by atoms with Crippen molar-refractivity contribution >= 4 is 74.0 Å². The Bertz CT molecular complexity index is 3900. The topological polar surface area (TPSA) is 254 Å². The molecular formula is C70H82BrN13O9. The van der Waals surface area contributed by atoms with Gasteiger partial charge in [0.15, 0.2) is 0 Å². The van der Waals surface area contributed by atoms with Crippen LogP contribution < -0.4 is 16.0 Å². The normalized spacial score (nSPS) is 20.3. The Hall–Kier alpha value is -9.35. The van der Waals surface area contributed by atoms with E-state index in [0.29, 0.717) is 44.0 Å². The lowest BCUT2D eigenvalue weighted by Crippen LogP contribution is -2.53. The molecule has 23 heteroatoms. The van der Waals surface area contributed by atoms with Crippen LogP contribution in [0.25, 0.3) is 59.7 Å². The first-order valence-electron chi connectivity index (χ1n) is 31.1. The highest BCUT2D eigenvalue weighted by Crippen LogP contribution is 2.56. The Morgan fingerprint density at radius 2 is 0.989 bits per heavy atom. The van der Waals surface area contributed by atoms with Crippen molar-refractivity contribution in [3.63, 3.8) is 0 Å². The molecule has 8 atom stereocenters. The van der Waals surface area contributed by atoms with Gasteiger partial charge in [-0.25, -0.2) is 37.5 Å². The summed E-state index contributed by atoms with van der Waals surface area (Å²) in [5, 5.41) is 10.3. The van der Waals surface area contributed by atoms with Crippen molar-refractivity contribution < 1.29 is 43.0 Å². The minimum Gasteiger partial charge on any atom is -0.453 e. The lowest BCUT2D eigenvalue weighted by Gasteiger charge is -2.31. The third-order valence-corrected chi connectivity index (χ3v) is 18.8. The van der Waals surface area contributed by atoms with Gasteiger partial charge in [-0.3, -0.25) is 19.4 Å². The second-order valence-electron chi connectivity index (χ2n) is 25.5. The number of hydrogen-bond acceptors (Lipinski definition) is 12. The number of alkyl carbamates (subject to hydrolysis) is 3. The van der Waals surface area contributed by atoms with E-state index in [2.05, 4.69) is 115 Å². The first kappa shape index (κ1) is 68.0. The second kappa shape index (κ2) is 29.1. The number of rotatable bonds is 16. The molecule has 6 aromatic rings. The van der Waals surface area contributed by atoms with Crippen LogP contribution in [0.1, 0.15) is 117 Å². The molecule has 1 saturated carbocycles. The second-order valence-corrected chi connectivity index (χ2v) is 26.4. The number of carbonyl (C=O) groups is 6. The van der Waals surface area contributed by atoms with Gasteiger partial charge in [-0.15, -0.1) is 0 Å². The summed E-state index contributed by atoms with van der Waals surface area (Å²) in [6, 6.07) is 25.2. The smallest absolute Gasteiger partial charge is 0.407 e. The fraction of sp³-hybridized carbons (Fsp3) is 0.443. The summed E-state index contributed by atoms with van der Waals surface area (Å²) in [6.45, 7) is 27.7. The van der Waals surface area contributed by atoms with Crippen LogP contribution in [0.4, 0.5) is 14.4 Å². The number of hydrogen-bond donors (Lipinski definition) is 5. The highest BCUT2D eigenvalue weighted by atomic mass is 79.9. The van der Waals surface area contributed by atoms with E-state index in [1.54, 1.807) is 22.2 Å². The summed E-state index contributed by atoms with van der Waals surface area (Å²) >= 11 is 3.43. The number of benzene rings is 4. The summed E-state index contributed by atoms with van der Waals surface area (Å²) < 4.78 is 15.2. The van der Waals surface area contributed by atoms with E-state index in [1.807, 2.05) is 89.0 Å². The van der Waals surface area contributed by atoms with Crippen LogP contribution in [0.2, 0.25) is 0 Å². The third-order valence-electron chi connectivity index (χ3n) is 18.3. The summed E-state index contributed by atoms with van der Waals surface area (Å²) in [6.07, 6.45) is 8.21. The van der Waals surface area contributed by atoms with Crippen LogP contribution in [0.3, 0.4) is 0 Å². The zero-order chi connectivity index (χ0) is 65.7. The Morgan fingerprint density at radius 3 is 1.42 bits per heavy atom. The largest absolute Gasteiger partial charge is 0.453 e. The van der Waals surface area contributed by atoms with Gasteiger partial charge in [-0.2, -0.15) is 0 Å². The van der Waals surface area contributed by atoms with Crippen LogP contribution in [0.15, 0.2) is 113 Å². The van der Waals surface area contributed by atoms with Gasteiger partial charge in [0.25, 0.3) is 0 Å². The summed E-state index contributed by atoms with van der Waals surface area (Å²) in [5.74, 6) is 0.222. The Labute approximate surface area is 551 Å². The maximum atomic E-state index is 13.9. The number of likely N-dealkylation sites (tertiary alicyclic amines) is 3. The number of H-pyrrole nitrogens is 2. The Balaban J connectivity index is 0.000000276. The zero-order valence-corrected chi connectivity index (χ0v) is 54.7. The fourth-order valence-electron chi connectivity index (χ4n) is 12.8. The first-order chi connectivity index (χ1) is 44.1. The molecule has 3 saturated heterocycles. The minimum atomic E-state index is -0.799. The van der Waals surface area contributed by atoms with Crippen LogP contribution in [-0.4, -0.2) is 154 Å². The van der Waals surface area contributed by atoms with Crippen molar-refractivity contribution in [3.8, 4) is 33.6 Å². The van der Waals surface area contributed by atoms with Crippen LogP contribution in [-0.2, 0) is 28.6 Å². The number of allylic oxidation sites excluding steroid dienone is 1. The molecule has 0 unspecified atom stereocenters. The number of aromatic amines is 2. The number of carbonyl (C=O) groups excluding carboxylic acids is 6. The maximum absolute atomic E-state index is 13.9. The molecule has 0 bridgehead atoms. The SMILES string of the molecule is C.[C-]#[N+][C@H]1C[C@@H](c2ncc(-c3ccc(-c4ccc5cc(C6=CN=C([C@@H]7CC8(CC8)CN7C(=O)[C@@H](NC(=O)OC)C(C)C)C6)ccc5c4)cc3)[nH]2)N(C(=O)[C@@H](NC(=O)OC)C(C)C)C1.[C-]#[N+][C@H]1C[C@@H](c2ncc(-c3ccc(Br)cc3)[nH]2)N(C(=O)[C@@H](NC(=O)OC)C(C)C)C1. The number of halogens is 1. The highest BCUT2D eigenvalue weighted by molar-refractivity contribution is 9.10. The molecule has 4 aliphatic heterocycles. The van der Waals surface area contributed by atoms with Gasteiger partial charge in [0, 0.05) is 29.3 Å². The number of imidazole rings is 2. The molecule has 5 aliphatic rings. The van der Waals surface area contributed by atoms with Gasteiger partial charge in [0.05, 0.1) is 89.2 Å². The number of ether oxygens (including phenoxy) is 3. The van der Waals surface area contributed by atoms with E-state index < -0.39 is 42.4 Å². The molecule has 11 rings (SSSR count). The van der Waals surface area contributed by atoms with Crippen molar-refractivity contribution in [1.82, 2.24) is 50.6 Å². The molecule has 1 spiro atoms. The molecule has 6 amide bonds. The number of methoxy groups -OCH3 is 3. The molecule has 0 radical (unpaired) electrons. The third kappa shape index (κ3) is 15.1. The first-order valence-corrected chi connectivity index (χ1v) is 31.9. The number of fused-ring (bicyclic) bond motifs is 1. The average molecular weight is 1330 g/mol. The molecule has 6 heterocycles. The number of aliphatic imine (C=N–C) groups is 1. The van der Waals surface area contributed by atoms with Crippen molar-refractivity contribution in [3.05, 3.63) is 148 Å². The van der Waals surface area contributed by atoms with Crippen molar-refractivity contribution in [1.29, 1.82) is 0 Å². The van der Waals surface area contributed by atoms with Gasteiger partial charge in [0.2, 0.25) is 29.8 Å². The summed E-state index contributed by atoms with van der Waals surface area (Å²) in [4.78, 5) is 110. The molecule has 93 heavy (non-hydrogen) atoms. The fourth-order valence-corrected chi connectivity index (χ4v) is 13.1. The number of nitrogens with zero attached hydrogens (tertiary/aromatic N) is 8. The van der Waals surface area contributed by atoms with Crippen molar-refractivity contribution in [2.45, 2.75) is 136 Å².